The Balaban J connectivity index is 1.50. The topological polar surface area (TPSA) is 72.5 Å². The van der Waals surface area contributed by atoms with Crippen molar-refractivity contribution in [3.63, 3.8) is 0 Å². The van der Waals surface area contributed by atoms with Crippen molar-refractivity contribution in [2.75, 3.05) is 5.32 Å². The predicted octanol–water partition coefficient (Wildman–Crippen LogP) is 3.64. The third-order valence-corrected chi connectivity index (χ3v) is 4.61. The second-order valence-corrected chi connectivity index (χ2v) is 6.52. The number of hydrogen-bond donors (Lipinski definition) is 1. The maximum atomic E-state index is 12.6. The van der Waals surface area contributed by atoms with E-state index in [0.29, 0.717) is 28.8 Å². The van der Waals surface area contributed by atoms with Crippen LogP contribution in [0.5, 0.6) is 0 Å². The standard InChI is InChI=1S/C23H17NO4/c25-21(15-7-2-1-3-8-15)17-10-6-11-18(13-17)24-22(26)20-14-16-9-4-5-12-19(16)23(27)28-20/h1-13,20H,14H2,(H,24,26). The lowest BCUT2D eigenvalue weighted by atomic mass is 9.98. The average molecular weight is 371 g/mol. The fraction of sp³-hybridized carbons (Fsp3) is 0.0870. The van der Waals surface area contributed by atoms with E-state index in [1.165, 1.54) is 0 Å². The van der Waals surface area contributed by atoms with E-state index in [-0.39, 0.29) is 5.78 Å². The molecule has 0 spiro atoms. The third-order valence-electron chi connectivity index (χ3n) is 4.61. The van der Waals surface area contributed by atoms with E-state index < -0.39 is 18.0 Å². The Morgan fingerprint density at radius 1 is 0.857 bits per heavy atom. The Labute approximate surface area is 162 Å². The van der Waals surface area contributed by atoms with Gasteiger partial charge in [0.15, 0.2) is 11.9 Å². The molecule has 0 bridgehead atoms. The molecule has 5 nitrogen and oxygen atoms in total. The molecule has 3 aromatic carbocycles. The van der Waals surface area contributed by atoms with Gasteiger partial charge >= 0.3 is 5.97 Å². The van der Waals surface area contributed by atoms with Gasteiger partial charge in [0, 0.05) is 23.2 Å². The molecule has 1 amide bonds. The van der Waals surface area contributed by atoms with E-state index in [2.05, 4.69) is 5.32 Å². The SMILES string of the molecule is O=C(c1ccccc1)c1cccc(NC(=O)C2Cc3ccccc3C(=O)O2)c1. The summed E-state index contributed by atoms with van der Waals surface area (Å²) in [5.41, 5.74) is 2.79. The normalized spacial score (nSPS) is 15.3. The van der Waals surface area contributed by atoms with Crippen molar-refractivity contribution in [3.8, 4) is 0 Å². The van der Waals surface area contributed by atoms with Crippen molar-refractivity contribution in [2.45, 2.75) is 12.5 Å². The monoisotopic (exact) mass is 371 g/mol. The second kappa shape index (κ2) is 7.48. The molecule has 1 aliphatic rings. The molecule has 1 N–H and O–H groups in total. The molecule has 1 unspecified atom stereocenters. The number of carbonyl (C=O) groups excluding carboxylic acids is 3. The molecule has 0 fully saturated rings. The van der Waals surface area contributed by atoms with Gasteiger partial charge in [-0.15, -0.1) is 0 Å². The smallest absolute Gasteiger partial charge is 0.339 e. The van der Waals surface area contributed by atoms with Crippen molar-refractivity contribution < 1.29 is 19.1 Å². The van der Waals surface area contributed by atoms with Crippen LogP contribution in [0, 0.1) is 0 Å². The molecule has 0 saturated carbocycles. The lowest BCUT2D eigenvalue weighted by Gasteiger charge is -2.23. The summed E-state index contributed by atoms with van der Waals surface area (Å²) < 4.78 is 5.28. The minimum Gasteiger partial charge on any atom is -0.448 e. The summed E-state index contributed by atoms with van der Waals surface area (Å²) in [6.45, 7) is 0. The highest BCUT2D eigenvalue weighted by Gasteiger charge is 2.31. The molecular formula is C23H17NO4. The molecule has 28 heavy (non-hydrogen) atoms. The number of cyclic esters (lactones) is 1. The highest BCUT2D eigenvalue weighted by molar-refractivity contribution is 6.10. The first-order chi connectivity index (χ1) is 13.6. The molecule has 0 aromatic heterocycles. The summed E-state index contributed by atoms with van der Waals surface area (Å²) in [6, 6.07) is 22.7. The van der Waals surface area contributed by atoms with Crippen LogP contribution in [0.15, 0.2) is 78.9 Å². The molecule has 0 radical (unpaired) electrons. The van der Waals surface area contributed by atoms with Gasteiger partial charge in [-0.2, -0.15) is 0 Å². The van der Waals surface area contributed by atoms with E-state index in [9.17, 15) is 14.4 Å². The van der Waals surface area contributed by atoms with Crippen LogP contribution >= 0.6 is 0 Å². The number of esters is 1. The second-order valence-electron chi connectivity index (χ2n) is 6.52. The zero-order valence-corrected chi connectivity index (χ0v) is 14.9. The van der Waals surface area contributed by atoms with E-state index in [1.54, 1.807) is 60.7 Å². The van der Waals surface area contributed by atoms with Crippen molar-refractivity contribution >= 4 is 23.3 Å². The van der Waals surface area contributed by atoms with Gasteiger partial charge in [0.2, 0.25) is 0 Å². The van der Waals surface area contributed by atoms with Gasteiger partial charge in [-0.3, -0.25) is 9.59 Å². The Kier molecular flexibility index (Phi) is 4.72. The summed E-state index contributed by atoms with van der Waals surface area (Å²) in [6.07, 6.45) is -0.591. The average Bonchev–Trinajstić information content (AvgIpc) is 2.74. The lowest BCUT2D eigenvalue weighted by molar-refractivity contribution is -0.125. The number of nitrogens with one attached hydrogen (secondary N) is 1. The van der Waals surface area contributed by atoms with E-state index >= 15 is 0 Å². The highest BCUT2D eigenvalue weighted by Crippen LogP contribution is 2.22. The van der Waals surface area contributed by atoms with Crippen LogP contribution in [0.2, 0.25) is 0 Å². The Morgan fingerprint density at radius 2 is 1.57 bits per heavy atom. The van der Waals surface area contributed by atoms with Crippen LogP contribution in [0.25, 0.3) is 0 Å². The Bertz CT molecular complexity index is 1060. The Morgan fingerprint density at radius 3 is 2.39 bits per heavy atom. The van der Waals surface area contributed by atoms with Gasteiger partial charge in [-0.1, -0.05) is 60.7 Å². The van der Waals surface area contributed by atoms with E-state index in [1.807, 2.05) is 18.2 Å². The molecular weight excluding hydrogens is 354 g/mol. The number of benzene rings is 3. The fourth-order valence-corrected chi connectivity index (χ4v) is 3.19. The molecule has 0 aliphatic carbocycles. The Hall–Kier alpha value is -3.73. The third kappa shape index (κ3) is 3.55. The predicted molar refractivity (Wildman–Crippen MR) is 104 cm³/mol. The summed E-state index contributed by atoms with van der Waals surface area (Å²) in [5.74, 6) is -1.06. The number of ketones is 1. The van der Waals surface area contributed by atoms with Crippen LogP contribution in [0.1, 0.15) is 31.8 Å². The number of fused-ring (bicyclic) bond motifs is 1. The minimum atomic E-state index is -0.907. The van der Waals surface area contributed by atoms with Crippen molar-refractivity contribution in [1.29, 1.82) is 0 Å². The molecule has 1 heterocycles. The van der Waals surface area contributed by atoms with Gasteiger partial charge in [0.1, 0.15) is 0 Å². The maximum Gasteiger partial charge on any atom is 0.339 e. The summed E-state index contributed by atoms with van der Waals surface area (Å²) in [5, 5.41) is 2.74. The molecule has 5 heteroatoms. The van der Waals surface area contributed by atoms with Crippen molar-refractivity contribution in [3.05, 3.63) is 101 Å². The quantitative estimate of drug-likeness (QED) is 0.561. The van der Waals surface area contributed by atoms with Crippen LogP contribution in [0.4, 0.5) is 5.69 Å². The summed E-state index contributed by atoms with van der Waals surface area (Å²) >= 11 is 0. The van der Waals surface area contributed by atoms with Crippen LogP contribution in [-0.2, 0) is 16.0 Å². The van der Waals surface area contributed by atoms with Gasteiger partial charge in [-0.25, -0.2) is 4.79 Å². The molecule has 3 aromatic rings. The molecule has 1 atom stereocenters. The fourth-order valence-electron chi connectivity index (χ4n) is 3.19. The van der Waals surface area contributed by atoms with E-state index in [4.69, 9.17) is 4.74 Å². The van der Waals surface area contributed by atoms with E-state index in [0.717, 1.165) is 5.56 Å². The van der Waals surface area contributed by atoms with Gasteiger partial charge in [0.05, 0.1) is 5.56 Å². The van der Waals surface area contributed by atoms with Crippen LogP contribution in [-0.4, -0.2) is 23.8 Å². The van der Waals surface area contributed by atoms with Gasteiger partial charge in [-0.05, 0) is 23.8 Å². The summed E-state index contributed by atoms with van der Waals surface area (Å²) in [4.78, 5) is 37.3. The number of hydrogen-bond acceptors (Lipinski definition) is 4. The largest absolute Gasteiger partial charge is 0.448 e. The molecule has 0 saturated heterocycles. The van der Waals surface area contributed by atoms with Crippen molar-refractivity contribution in [2.24, 2.45) is 0 Å². The first-order valence-corrected chi connectivity index (χ1v) is 8.91. The van der Waals surface area contributed by atoms with Crippen molar-refractivity contribution in [1.82, 2.24) is 0 Å². The zero-order valence-electron chi connectivity index (χ0n) is 14.9. The van der Waals surface area contributed by atoms with Crippen LogP contribution in [0.3, 0.4) is 0 Å². The molecule has 138 valence electrons. The molecule has 1 aliphatic heterocycles. The number of carbonyl (C=O) groups is 3. The zero-order chi connectivity index (χ0) is 19.5. The number of anilines is 1. The van der Waals surface area contributed by atoms with Crippen LogP contribution < -0.4 is 5.32 Å². The first kappa shape index (κ1) is 17.7. The summed E-state index contributed by atoms with van der Waals surface area (Å²) in [7, 11) is 0. The minimum absolute atomic E-state index is 0.130. The highest BCUT2D eigenvalue weighted by atomic mass is 16.5. The number of amides is 1. The van der Waals surface area contributed by atoms with Gasteiger partial charge < -0.3 is 10.1 Å². The number of rotatable bonds is 4. The maximum absolute atomic E-state index is 12.6. The first-order valence-electron chi connectivity index (χ1n) is 8.91. The lowest BCUT2D eigenvalue weighted by Crippen LogP contribution is -2.38. The number of ether oxygens (including phenoxy) is 1. The molecule has 4 rings (SSSR count). The van der Waals surface area contributed by atoms with Gasteiger partial charge in [0.25, 0.3) is 5.91 Å².